The highest BCUT2D eigenvalue weighted by atomic mass is 35.5. The van der Waals surface area contributed by atoms with Crippen LogP contribution in [0.15, 0.2) is 151 Å². The van der Waals surface area contributed by atoms with Crippen molar-refractivity contribution in [2.24, 2.45) is 0 Å². The molecule has 6 aromatic rings. The van der Waals surface area contributed by atoms with Gasteiger partial charge in [0.25, 0.3) is 0 Å². The molecule has 3 fully saturated rings. The number of aryl methyl sites for hydroxylation is 4. The van der Waals surface area contributed by atoms with Gasteiger partial charge in [0.15, 0.2) is 0 Å². The quantitative estimate of drug-likeness (QED) is 0.126. The van der Waals surface area contributed by atoms with E-state index in [1.165, 1.54) is 108 Å². The first kappa shape index (κ1) is 49.3. The van der Waals surface area contributed by atoms with Crippen LogP contribution < -0.4 is 20.7 Å². The Kier molecular flexibility index (Phi) is 18.9. The lowest BCUT2D eigenvalue weighted by atomic mass is 9.89. The van der Waals surface area contributed by atoms with Crippen LogP contribution in [0.25, 0.3) is 0 Å². The number of hydrogen-bond donors (Lipinski definition) is 3. The van der Waals surface area contributed by atoms with Crippen LogP contribution in [0.1, 0.15) is 101 Å². The van der Waals surface area contributed by atoms with E-state index in [0.717, 1.165) is 54.9 Å². The van der Waals surface area contributed by atoms with Crippen molar-refractivity contribution in [3.63, 3.8) is 0 Å². The van der Waals surface area contributed by atoms with Crippen molar-refractivity contribution in [1.82, 2.24) is 16.0 Å². The normalized spacial score (nSPS) is 15.9. The van der Waals surface area contributed by atoms with Gasteiger partial charge in [0.05, 0.1) is 12.1 Å². The Hall–Kier alpha value is -3.66. The average molecular weight is 943 g/mol. The summed E-state index contributed by atoms with van der Waals surface area (Å²) in [6, 6.07) is 43.9. The lowest BCUT2D eigenvalue weighted by molar-refractivity contribution is 0.414. The van der Waals surface area contributed by atoms with Gasteiger partial charge in [-0.3, -0.25) is 0 Å². The molecule has 0 bridgehead atoms. The Morgan fingerprint density at radius 2 is 0.954 bits per heavy atom. The van der Waals surface area contributed by atoms with E-state index in [9.17, 15) is 0 Å². The Labute approximate surface area is 408 Å². The zero-order valence-corrected chi connectivity index (χ0v) is 42.5. The summed E-state index contributed by atoms with van der Waals surface area (Å²) in [5.74, 6) is 2.85. The Morgan fingerprint density at radius 3 is 1.52 bits per heavy atom. The summed E-state index contributed by atoms with van der Waals surface area (Å²) in [7, 11) is 1.66. The Balaban J connectivity index is 0.000000146. The number of ether oxygens (including phenoxy) is 1. The first-order valence-corrected chi connectivity index (χ1v) is 26.4. The fourth-order valence-electron chi connectivity index (χ4n) is 8.97. The Bertz CT molecular complexity index is 2460. The second kappa shape index (κ2) is 24.9. The van der Waals surface area contributed by atoms with Crippen LogP contribution >= 0.6 is 46.9 Å². The number of rotatable bonds is 10. The van der Waals surface area contributed by atoms with E-state index < -0.39 is 0 Å². The van der Waals surface area contributed by atoms with E-state index in [4.69, 9.17) is 16.3 Å². The van der Waals surface area contributed by atoms with Gasteiger partial charge in [-0.1, -0.05) is 119 Å². The van der Waals surface area contributed by atoms with E-state index in [-0.39, 0.29) is 0 Å². The van der Waals surface area contributed by atoms with Crippen LogP contribution in [0.3, 0.4) is 0 Å². The van der Waals surface area contributed by atoms with E-state index in [0.29, 0.717) is 17.8 Å². The molecule has 0 spiro atoms. The van der Waals surface area contributed by atoms with Crippen LogP contribution in [-0.4, -0.2) is 46.4 Å². The highest BCUT2D eigenvalue weighted by molar-refractivity contribution is 8.00. The molecule has 6 aromatic carbocycles. The smallest absolute Gasteiger partial charge is 0.120 e. The van der Waals surface area contributed by atoms with Gasteiger partial charge in [-0.05, 0) is 224 Å². The number of piperidine rings is 3. The molecule has 0 aliphatic carbocycles. The van der Waals surface area contributed by atoms with Gasteiger partial charge < -0.3 is 20.7 Å². The fourth-order valence-corrected chi connectivity index (χ4v) is 12.6. The second-order valence-corrected chi connectivity index (χ2v) is 21.4. The molecule has 0 atom stereocenters. The van der Waals surface area contributed by atoms with Crippen molar-refractivity contribution >= 4 is 46.9 Å². The highest BCUT2D eigenvalue weighted by Gasteiger charge is 2.22. The molecule has 3 aliphatic rings. The molecule has 8 heteroatoms. The first-order valence-electron chi connectivity index (χ1n) is 23.6. The van der Waals surface area contributed by atoms with Crippen LogP contribution in [0.4, 0.5) is 0 Å². The molecule has 0 saturated carbocycles. The molecule has 65 heavy (non-hydrogen) atoms. The maximum Gasteiger partial charge on any atom is 0.120 e. The lowest BCUT2D eigenvalue weighted by Crippen LogP contribution is -2.26. The molecule has 0 amide bonds. The van der Waals surface area contributed by atoms with Gasteiger partial charge in [0.2, 0.25) is 0 Å². The summed E-state index contributed by atoms with van der Waals surface area (Å²) in [5.41, 5.74) is 11.4. The van der Waals surface area contributed by atoms with Crippen LogP contribution in [0.5, 0.6) is 5.75 Å². The molecule has 0 aromatic heterocycles. The third-order valence-electron chi connectivity index (χ3n) is 13.2. The first-order chi connectivity index (χ1) is 31.7. The van der Waals surface area contributed by atoms with E-state index in [2.05, 4.69) is 154 Å². The molecule has 4 nitrogen and oxygen atoms in total. The van der Waals surface area contributed by atoms with Gasteiger partial charge >= 0.3 is 0 Å². The third kappa shape index (κ3) is 13.9. The summed E-state index contributed by atoms with van der Waals surface area (Å²) in [6.45, 7) is 17.7. The minimum Gasteiger partial charge on any atom is -0.497 e. The molecular formula is C57H68ClN3OS3. The second-order valence-electron chi connectivity index (χ2n) is 17.7. The van der Waals surface area contributed by atoms with E-state index >= 15 is 0 Å². The predicted octanol–water partition coefficient (Wildman–Crippen LogP) is 15.1. The monoisotopic (exact) mass is 941 g/mol. The van der Waals surface area contributed by atoms with Crippen LogP contribution in [-0.2, 0) is 0 Å². The fraction of sp³-hybridized carbons (Fsp3) is 0.368. The number of hydrogen-bond acceptors (Lipinski definition) is 7. The maximum atomic E-state index is 6.42. The summed E-state index contributed by atoms with van der Waals surface area (Å²) >= 11 is 12.0. The van der Waals surface area contributed by atoms with Crippen molar-refractivity contribution in [3.05, 3.63) is 171 Å². The number of nitrogens with one attached hydrogen (secondary N) is 3. The molecule has 9 rings (SSSR count). The van der Waals surface area contributed by atoms with Crippen molar-refractivity contribution in [2.45, 2.75) is 120 Å². The Morgan fingerprint density at radius 1 is 0.446 bits per heavy atom. The van der Waals surface area contributed by atoms with Crippen molar-refractivity contribution in [3.8, 4) is 5.75 Å². The minimum atomic E-state index is 0.635. The molecule has 3 aliphatic heterocycles. The van der Waals surface area contributed by atoms with Crippen molar-refractivity contribution < 1.29 is 4.74 Å². The number of methoxy groups -OCH3 is 1. The van der Waals surface area contributed by atoms with Gasteiger partial charge in [-0.15, -0.1) is 0 Å². The average Bonchev–Trinajstić information content (AvgIpc) is 3.34. The van der Waals surface area contributed by atoms with E-state index in [1.54, 1.807) is 18.9 Å². The summed E-state index contributed by atoms with van der Waals surface area (Å²) < 4.78 is 5.23. The SMILES string of the molecule is COc1ccc(Sc2ccc(C)cc2C2CCNCC2)c(Cl)c1.Cc1ccc(Sc2ccccc2C2CCNCC2)cc1C.Cc1cccc(Sc2ccccc2C2CCNCC2)c1C. The summed E-state index contributed by atoms with van der Waals surface area (Å²) in [5, 5.41) is 11.1. The lowest BCUT2D eigenvalue weighted by Gasteiger charge is -2.25. The molecule has 342 valence electrons. The number of benzene rings is 6. The molecule has 0 radical (unpaired) electrons. The molecule has 3 saturated heterocycles. The van der Waals surface area contributed by atoms with Gasteiger partial charge in [0, 0.05) is 29.4 Å². The third-order valence-corrected chi connectivity index (χ3v) is 17.1. The van der Waals surface area contributed by atoms with Gasteiger partial charge in [0.1, 0.15) is 5.75 Å². The standard InChI is InChI=1S/C19H22ClNOS.2C19H23NS/c1-13-3-5-18(16(11-13)14-7-9-21-10-8-14)23-19-6-4-15(22-2)12-17(19)20;1-14-6-5-9-18(15(14)2)21-19-8-4-3-7-17(19)16-10-12-20-13-11-16;1-14-7-8-17(13-15(14)2)21-19-6-4-3-5-18(19)16-9-11-20-12-10-16/h3-6,11-12,14,21H,7-10H2,1-2H3;3-9,16,20H,10-13H2,1-2H3;3-8,13,16,20H,9-12H2,1-2H3. The zero-order chi connectivity index (χ0) is 45.5. The molecular weight excluding hydrogens is 874 g/mol. The van der Waals surface area contributed by atoms with Gasteiger partial charge in [-0.25, -0.2) is 0 Å². The van der Waals surface area contributed by atoms with E-state index in [1.807, 2.05) is 41.7 Å². The van der Waals surface area contributed by atoms with Crippen molar-refractivity contribution in [2.75, 3.05) is 46.4 Å². The van der Waals surface area contributed by atoms with Crippen LogP contribution in [0.2, 0.25) is 5.02 Å². The topological polar surface area (TPSA) is 45.3 Å². The van der Waals surface area contributed by atoms with Crippen molar-refractivity contribution in [1.29, 1.82) is 0 Å². The number of halogens is 1. The zero-order valence-electron chi connectivity index (χ0n) is 39.3. The summed E-state index contributed by atoms with van der Waals surface area (Å²) in [6.07, 6.45) is 7.42. The van der Waals surface area contributed by atoms with Crippen LogP contribution in [0, 0.1) is 34.6 Å². The maximum absolute atomic E-state index is 6.42. The molecule has 3 heterocycles. The van der Waals surface area contributed by atoms with Gasteiger partial charge in [-0.2, -0.15) is 0 Å². The highest BCUT2D eigenvalue weighted by Crippen LogP contribution is 2.42. The summed E-state index contributed by atoms with van der Waals surface area (Å²) in [4.78, 5) is 7.97. The predicted molar refractivity (Wildman–Crippen MR) is 281 cm³/mol. The largest absolute Gasteiger partial charge is 0.497 e. The molecule has 3 N–H and O–H groups in total. The molecule has 0 unspecified atom stereocenters. The minimum absolute atomic E-state index is 0.635.